The van der Waals surface area contributed by atoms with Crippen molar-refractivity contribution in [3.63, 3.8) is 0 Å². The second-order valence-electron chi connectivity index (χ2n) is 5.63. The molecule has 1 atom stereocenters. The maximum absolute atomic E-state index is 12.4. The highest BCUT2D eigenvalue weighted by molar-refractivity contribution is 5.91. The lowest BCUT2D eigenvalue weighted by Gasteiger charge is -2.22. The molecule has 1 amide bonds. The van der Waals surface area contributed by atoms with E-state index in [0.29, 0.717) is 37.8 Å². The maximum atomic E-state index is 12.4. The zero-order valence-corrected chi connectivity index (χ0v) is 13.6. The van der Waals surface area contributed by atoms with Gasteiger partial charge in [-0.3, -0.25) is 4.79 Å². The summed E-state index contributed by atoms with van der Waals surface area (Å²) < 4.78 is 5.04. The van der Waals surface area contributed by atoms with Crippen LogP contribution < -0.4 is 10.2 Å². The molecule has 0 aromatic carbocycles. The van der Waals surface area contributed by atoms with Crippen LogP contribution in [0.4, 0.5) is 11.6 Å². The molecule has 134 valence electrons. The number of carbonyl (C=O) groups is 1. The number of nitrogens with one attached hydrogen (secondary N) is 1. The number of aliphatic hydroxyl groups excluding tert-OH is 2. The SMILES string of the molecule is O=C(c1cnco1)N1CCN(c2cc(NCCO)ncn2)CC(O)C1. The minimum absolute atomic E-state index is 0.000469. The Balaban J connectivity index is 1.70. The number of carbonyl (C=O) groups excluding carboxylic acids is 1. The van der Waals surface area contributed by atoms with Crippen LogP contribution in [-0.2, 0) is 0 Å². The van der Waals surface area contributed by atoms with Gasteiger partial charge >= 0.3 is 0 Å². The monoisotopic (exact) mass is 348 g/mol. The molecular formula is C15H20N6O4. The fourth-order valence-electron chi connectivity index (χ4n) is 2.66. The van der Waals surface area contributed by atoms with Crippen molar-refractivity contribution in [2.45, 2.75) is 6.10 Å². The van der Waals surface area contributed by atoms with Crippen LogP contribution in [-0.4, -0.2) is 81.4 Å². The molecule has 25 heavy (non-hydrogen) atoms. The zero-order valence-electron chi connectivity index (χ0n) is 13.6. The van der Waals surface area contributed by atoms with Crippen LogP contribution in [0.25, 0.3) is 0 Å². The van der Waals surface area contributed by atoms with Crippen molar-refractivity contribution in [3.05, 3.63) is 30.7 Å². The van der Waals surface area contributed by atoms with Gasteiger partial charge in [-0.05, 0) is 0 Å². The lowest BCUT2D eigenvalue weighted by atomic mass is 10.3. The first-order valence-electron chi connectivity index (χ1n) is 7.95. The van der Waals surface area contributed by atoms with Gasteiger partial charge in [0.15, 0.2) is 6.39 Å². The molecule has 0 spiro atoms. The number of nitrogens with zero attached hydrogens (tertiary/aromatic N) is 5. The van der Waals surface area contributed by atoms with Gasteiger partial charge in [0.05, 0.1) is 18.9 Å². The molecular weight excluding hydrogens is 328 g/mol. The van der Waals surface area contributed by atoms with E-state index in [-0.39, 0.29) is 24.8 Å². The standard InChI is InChI=1S/C15H20N6O4/c22-4-1-17-13-5-14(19-9-18-13)20-2-3-21(8-11(23)7-20)15(24)12-6-16-10-25-12/h5-6,9-11,22-23H,1-4,7-8H2,(H,17,18,19). The quantitative estimate of drug-likeness (QED) is 0.635. The molecule has 1 unspecified atom stereocenters. The van der Waals surface area contributed by atoms with E-state index < -0.39 is 6.10 Å². The van der Waals surface area contributed by atoms with Crippen molar-refractivity contribution in [1.82, 2.24) is 19.9 Å². The van der Waals surface area contributed by atoms with E-state index >= 15 is 0 Å². The Kier molecular flexibility index (Phi) is 5.41. The molecule has 1 fully saturated rings. The number of anilines is 2. The molecule has 0 bridgehead atoms. The van der Waals surface area contributed by atoms with Gasteiger partial charge in [-0.15, -0.1) is 0 Å². The van der Waals surface area contributed by atoms with Crippen molar-refractivity contribution >= 4 is 17.5 Å². The van der Waals surface area contributed by atoms with Gasteiger partial charge in [0.25, 0.3) is 5.91 Å². The molecule has 1 aliphatic rings. The summed E-state index contributed by atoms with van der Waals surface area (Å²) in [5.41, 5.74) is 0. The summed E-state index contributed by atoms with van der Waals surface area (Å²) in [6.07, 6.45) is 3.26. The van der Waals surface area contributed by atoms with E-state index in [1.165, 1.54) is 23.8 Å². The number of aromatic nitrogens is 3. The minimum Gasteiger partial charge on any atom is -0.438 e. The van der Waals surface area contributed by atoms with Crippen LogP contribution in [0.1, 0.15) is 10.6 Å². The molecule has 10 heteroatoms. The first-order chi connectivity index (χ1) is 12.2. The van der Waals surface area contributed by atoms with E-state index in [0.717, 1.165) is 0 Å². The predicted octanol–water partition coefficient (Wildman–Crippen LogP) is -0.808. The third kappa shape index (κ3) is 4.22. The average Bonchev–Trinajstić information content (AvgIpc) is 3.09. The van der Waals surface area contributed by atoms with Crippen molar-refractivity contribution in [2.75, 3.05) is 49.5 Å². The average molecular weight is 348 g/mol. The van der Waals surface area contributed by atoms with E-state index in [1.807, 2.05) is 4.90 Å². The van der Waals surface area contributed by atoms with Gasteiger partial charge in [-0.2, -0.15) is 0 Å². The summed E-state index contributed by atoms with van der Waals surface area (Å²) in [7, 11) is 0. The third-order valence-electron chi connectivity index (χ3n) is 3.83. The van der Waals surface area contributed by atoms with E-state index in [1.54, 1.807) is 6.07 Å². The molecule has 2 aromatic heterocycles. The van der Waals surface area contributed by atoms with Crippen LogP contribution in [0.5, 0.6) is 0 Å². The van der Waals surface area contributed by atoms with Gasteiger partial charge in [0.1, 0.15) is 18.0 Å². The van der Waals surface area contributed by atoms with Crippen LogP contribution in [0.3, 0.4) is 0 Å². The molecule has 0 saturated carbocycles. The molecule has 0 aliphatic carbocycles. The summed E-state index contributed by atoms with van der Waals surface area (Å²) in [6.45, 7) is 1.86. The Bertz CT molecular complexity index is 695. The minimum atomic E-state index is -0.724. The summed E-state index contributed by atoms with van der Waals surface area (Å²) in [5.74, 6) is 1.08. The Morgan fingerprint density at radius 3 is 3.00 bits per heavy atom. The van der Waals surface area contributed by atoms with Crippen molar-refractivity contribution in [1.29, 1.82) is 0 Å². The Morgan fingerprint density at radius 1 is 1.36 bits per heavy atom. The van der Waals surface area contributed by atoms with Gasteiger partial charge in [0, 0.05) is 38.8 Å². The normalized spacial score (nSPS) is 18.1. The highest BCUT2D eigenvalue weighted by Gasteiger charge is 2.27. The summed E-state index contributed by atoms with van der Waals surface area (Å²) >= 11 is 0. The summed E-state index contributed by atoms with van der Waals surface area (Å²) in [5, 5.41) is 22.1. The molecule has 3 rings (SSSR count). The van der Waals surface area contributed by atoms with E-state index in [2.05, 4.69) is 20.3 Å². The Morgan fingerprint density at radius 2 is 2.24 bits per heavy atom. The molecule has 2 aromatic rings. The number of β-amino-alcohol motifs (C(OH)–C–C–N with tert-alkyl or cyclic N) is 1. The van der Waals surface area contributed by atoms with Crippen molar-refractivity contribution in [2.24, 2.45) is 0 Å². The Hall–Kier alpha value is -2.72. The summed E-state index contributed by atoms with van der Waals surface area (Å²) in [6, 6.07) is 1.75. The molecule has 3 N–H and O–H groups in total. The molecule has 0 radical (unpaired) electrons. The maximum Gasteiger partial charge on any atom is 0.291 e. The summed E-state index contributed by atoms with van der Waals surface area (Å²) in [4.78, 5) is 27.9. The van der Waals surface area contributed by atoms with Gasteiger partial charge in [-0.25, -0.2) is 15.0 Å². The van der Waals surface area contributed by atoms with Gasteiger partial charge in [-0.1, -0.05) is 0 Å². The number of oxazole rings is 1. The van der Waals surface area contributed by atoms with Gasteiger partial charge < -0.3 is 29.7 Å². The highest BCUT2D eigenvalue weighted by atomic mass is 16.3. The topological polar surface area (TPSA) is 128 Å². The van der Waals surface area contributed by atoms with Crippen LogP contribution in [0.2, 0.25) is 0 Å². The van der Waals surface area contributed by atoms with E-state index in [9.17, 15) is 9.90 Å². The number of hydrogen-bond acceptors (Lipinski definition) is 9. The van der Waals surface area contributed by atoms with E-state index in [4.69, 9.17) is 9.52 Å². The predicted molar refractivity (Wildman–Crippen MR) is 88.2 cm³/mol. The number of rotatable bonds is 5. The first kappa shape index (κ1) is 17.1. The number of hydrogen-bond donors (Lipinski definition) is 3. The van der Waals surface area contributed by atoms with Gasteiger partial charge in [0.2, 0.25) is 5.76 Å². The number of aliphatic hydroxyl groups is 2. The van der Waals surface area contributed by atoms with Crippen LogP contribution in [0, 0.1) is 0 Å². The fourth-order valence-corrected chi connectivity index (χ4v) is 2.66. The molecule has 10 nitrogen and oxygen atoms in total. The van der Waals surface area contributed by atoms with Crippen molar-refractivity contribution < 1.29 is 19.4 Å². The molecule has 1 aliphatic heterocycles. The first-order valence-corrected chi connectivity index (χ1v) is 7.95. The second-order valence-corrected chi connectivity index (χ2v) is 5.63. The lowest BCUT2D eigenvalue weighted by Crippen LogP contribution is -2.37. The number of amides is 1. The second kappa shape index (κ2) is 7.90. The molecule has 3 heterocycles. The van der Waals surface area contributed by atoms with Crippen LogP contribution >= 0.6 is 0 Å². The smallest absolute Gasteiger partial charge is 0.291 e. The zero-order chi connectivity index (χ0) is 17.6. The molecule has 1 saturated heterocycles. The van der Waals surface area contributed by atoms with Crippen molar-refractivity contribution in [3.8, 4) is 0 Å². The highest BCUT2D eigenvalue weighted by Crippen LogP contribution is 2.17. The lowest BCUT2D eigenvalue weighted by molar-refractivity contribution is 0.0643. The fraction of sp³-hybridized carbons (Fsp3) is 0.467. The Labute approximate surface area is 144 Å². The largest absolute Gasteiger partial charge is 0.438 e. The van der Waals surface area contributed by atoms with Crippen LogP contribution in [0.15, 0.2) is 29.4 Å². The third-order valence-corrected chi connectivity index (χ3v) is 3.83.